The molecule has 0 fully saturated rings. The van der Waals surface area contributed by atoms with Crippen molar-refractivity contribution < 1.29 is 19.5 Å². The topological polar surface area (TPSA) is 114 Å². The SMILES string of the molecule is C[C@@H](N)[C@H](NC(=O)c1ccc(OCC#Cc2ccccc2)cc1)C(=O)NO. The Labute approximate surface area is 157 Å². The number of ether oxygens (including phenoxy) is 1. The Morgan fingerprint density at radius 2 is 1.81 bits per heavy atom. The molecule has 27 heavy (non-hydrogen) atoms. The van der Waals surface area contributed by atoms with Gasteiger partial charge in [-0.05, 0) is 43.3 Å². The van der Waals surface area contributed by atoms with Gasteiger partial charge in [0.05, 0.1) is 0 Å². The lowest BCUT2D eigenvalue weighted by atomic mass is 10.1. The van der Waals surface area contributed by atoms with E-state index >= 15 is 0 Å². The van der Waals surface area contributed by atoms with E-state index in [1.807, 2.05) is 30.3 Å². The molecule has 0 saturated heterocycles. The fourth-order valence-corrected chi connectivity index (χ4v) is 2.21. The zero-order valence-corrected chi connectivity index (χ0v) is 14.8. The molecule has 0 heterocycles. The van der Waals surface area contributed by atoms with Gasteiger partial charge in [0.15, 0.2) is 0 Å². The Bertz CT molecular complexity index is 824. The van der Waals surface area contributed by atoms with E-state index in [1.165, 1.54) is 5.48 Å². The standard InChI is InChI=1S/C20H21N3O4/c1-14(21)18(20(25)23-26)22-19(24)16-9-11-17(12-10-16)27-13-5-8-15-6-3-2-4-7-15/h2-4,6-7,9-12,14,18,26H,13,21H2,1H3,(H,22,24)(H,23,25)/t14-,18+/m1/s1. The second-order valence-corrected chi connectivity index (χ2v) is 5.77. The summed E-state index contributed by atoms with van der Waals surface area (Å²) in [7, 11) is 0. The van der Waals surface area contributed by atoms with E-state index in [0.717, 1.165) is 5.56 Å². The van der Waals surface area contributed by atoms with Crippen LogP contribution in [0.5, 0.6) is 5.75 Å². The van der Waals surface area contributed by atoms with Crippen molar-refractivity contribution in [2.75, 3.05) is 6.61 Å². The first-order chi connectivity index (χ1) is 13.0. The van der Waals surface area contributed by atoms with Gasteiger partial charge in [-0.3, -0.25) is 14.8 Å². The highest BCUT2D eigenvalue weighted by molar-refractivity contribution is 5.97. The van der Waals surface area contributed by atoms with Gasteiger partial charge in [-0.15, -0.1) is 0 Å². The van der Waals surface area contributed by atoms with Crippen LogP contribution < -0.4 is 21.3 Å². The van der Waals surface area contributed by atoms with Crippen molar-refractivity contribution in [3.05, 3.63) is 65.7 Å². The molecule has 0 radical (unpaired) electrons. The maximum Gasteiger partial charge on any atom is 0.267 e. The third-order valence-electron chi connectivity index (χ3n) is 3.64. The average Bonchev–Trinajstić information content (AvgIpc) is 2.69. The zero-order valence-electron chi connectivity index (χ0n) is 14.8. The molecule has 7 heteroatoms. The molecule has 0 saturated carbocycles. The fourth-order valence-electron chi connectivity index (χ4n) is 2.21. The van der Waals surface area contributed by atoms with E-state index < -0.39 is 23.9 Å². The summed E-state index contributed by atoms with van der Waals surface area (Å²) in [4.78, 5) is 23.8. The first kappa shape index (κ1) is 20.0. The molecule has 2 amide bonds. The molecule has 0 aliphatic heterocycles. The molecule has 7 nitrogen and oxygen atoms in total. The van der Waals surface area contributed by atoms with Gasteiger partial charge in [0.1, 0.15) is 18.4 Å². The first-order valence-electron chi connectivity index (χ1n) is 8.28. The van der Waals surface area contributed by atoms with Crippen LogP contribution >= 0.6 is 0 Å². The minimum atomic E-state index is -1.05. The summed E-state index contributed by atoms with van der Waals surface area (Å²) in [6, 6.07) is 14.2. The van der Waals surface area contributed by atoms with Crippen LogP contribution in [0.3, 0.4) is 0 Å². The van der Waals surface area contributed by atoms with E-state index in [1.54, 1.807) is 31.2 Å². The van der Waals surface area contributed by atoms with Gasteiger partial charge in [-0.1, -0.05) is 30.0 Å². The Morgan fingerprint density at radius 1 is 1.15 bits per heavy atom. The van der Waals surface area contributed by atoms with Gasteiger partial charge in [0, 0.05) is 17.2 Å². The molecule has 0 spiro atoms. The van der Waals surface area contributed by atoms with Crippen LogP contribution in [0.15, 0.2) is 54.6 Å². The molecule has 2 aromatic rings. The highest BCUT2D eigenvalue weighted by Gasteiger charge is 2.24. The highest BCUT2D eigenvalue weighted by Crippen LogP contribution is 2.12. The van der Waals surface area contributed by atoms with Crippen LogP contribution in [0.1, 0.15) is 22.8 Å². The molecule has 0 aromatic heterocycles. The molecule has 140 valence electrons. The lowest BCUT2D eigenvalue weighted by molar-refractivity contribution is -0.131. The second kappa shape index (κ2) is 9.97. The Kier molecular flexibility index (Phi) is 7.37. The number of carbonyl (C=O) groups excluding carboxylic acids is 2. The number of hydrogen-bond acceptors (Lipinski definition) is 5. The molecule has 0 aliphatic carbocycles. The molecule has 2 atom stereocenters. The minimum Gasteiger partial charge on any atom is -0.481 e. The lowest BCUT2D eigenvalue weighted by Crippen LogP contribution is -2.54. The molecule has 0 bridgehead atoms. The monoisotopic (exact) mass is 367 g/mol. The molecule has 0 unspecified atom stereocenters. The number of amides is 2. The number of rotatable bonds is 6. The number of nitrogens with two attached hydrogens (primary N) is 1. The summed E-state index contributed by atoms with van der Waals surface area (Å²) in [5.41, 5.74) is 8.37. The van der Waals surface area contributed by atoms with Crippen molar-refractivity contribution in [1.29, 1.82) is 0 Å². The van der Waals surface area contributed by atoms with Gasteiger partial charge in [0.25, 0.3) is 11.8 Å². The van der Waals surface area contributed by atoms with Crippen LogP contribution in [0.2, 0.25) is 0 Å². The molecule has 5 N–H and O–H groups in total. The van der Waals surface area contributed by atoms with Crippen molar-refractivity contribution in [3.63, 3.8) is 0 Å². The number of nitrogens with one attached hydrogen (secondary N) is 2. The smallest absolute Gasteiger partial charge is 0.267 e. The highest BCUT2D eigenvalue weighted by atomic mass is 16.5. The number of hydrogen-bond donors (Lipinski definition) is 4. The third-order valence-corrected chi connectivity index (χ3v) is 3.64. The largest absolute Gasteiger partial charge is 0.481 e. The maximum atomic E-state index is 12.2. The summed E-state index contributed by atoms with van der Waals surface area (Å²) < 4.78 is 5.51. The normalized spacial score (nSPS) is 12.1. The van der Waals surface area contributed by atoms with Crippen LogP contribution in [-0.2, 0) is 4.79 Å². The van der Waals surface area contributed by atoms with Crippen LogP contribution in [-0.4, -0.2) is 35.7 Å². The minimum absolute atomic E-state index is 0.212. The summed E-state index contributed by atoms with van der Waals surface area (Å²) in [6.45, 7) is 1.76. The Balaban J connectivity index is 1.91. The van der Waals surface area contributed by atoms with Gasteiger partial charge < -0.3 is 15.8 Å². The predicted molar refractivity (Wildman–Crippen MR) is 100 cm³/mol. The van der Waals surface area contributed by atoms with E-state index in [4.69, 9.17) is 15.7 Å². The lowest BCUT2D eigenvalue weighted by Gasteiger charge is -2.20. The van der Waals surface area contributed by atoms with Gasteiger partial charge >= 0.3 is 0 Å². The third kappa shape index (κ3) is 6.15. The molecule has 0 aliphatic rings. The van der Waals surface area contributed by atoms with Crippen LogP contribution in [0.25, 0.3) is 0 Å². The average molecular weight is 367 g/mol. The number of carbonyl (C=O) groups is 2. The number of benzene rings is 2. The predicted octanol–water partition coefficient (Wildman–Crippen LogP) is 1.07. The summed E-state index contributed by atoms with van der Waals surface area (Å²) in [6.07, 6.45) is 0. The maximum absolute atomic E-state index is 12.2. The van der Waals surface area contributed by atoms with Crippen molar-refractivity contribution in [1.82, 2.24) is 10.8 Å². The number of hydroxylamine groups is 1. The van der Waals surface area contributed by atoms with E-state index in [9.17, 15) is 9.59 Å². The molecular weight excluding hydrogens is 346 g/mol. The zero-order chi connectivity index (χ0) is 19.6. The van der Waals surface area contributed by atoms with Crippen LogP contribution in [0, 0.1) is 11.8 Å². The van der Waals surface area contributed by atoms with Crippen molar-refractivity contribution >= 4 is 11.8 Å². The van der Waals surface area contributed by atoms with Gasteiger partial charge in [-0.2, -0.15) is 0 Å². The van der Waals surface area contributed by atoms with E-state index in [2.05, 4.69) is 17.2 Å². The van der Waals surface area contributed by atoms with Crippen molar-refractivity contribution in [2.45, 2.75) is 19.0 Å². The summed E-state index contributed by atoms with van der Waals surface area (Å²) in [5.74, 6) is 5.18. The summed E-state index contributed by atoms with van der Waals surface area (Å²) >= 11 is 0. The van der Waals surface area contributed by atoms with Crippen LogP contribution in [0.4, 0.5) is 0 Å². The molecule has 2 aromatic carbocycles. The fraction of sp³-hybridized carbons (Fsp3) is 0.200. The Hall–Kier alpha value is -3.34. The van der Waals surface area contributed by atoms with E-state index in [0.29, 0.717) is 11.3 Å². The second-order valence-electron chi connectivity index (χ2n) is 5.77. The van der Waals surface area contributed by atoms with Crippen molar-refractivity contribution in [3.8, 4) is 17.6 Å². The van der Waals surface area contributed by atoms with Gasteiger partial charge in [-0.25, -0.2) is 5.48 Å². The van der Waals surface area contributed by atoms with Gasteiger partial charge in [0.2, 0.25) is 0 Å². The van der Waals surface area contributed by atoms with E-state index in [-0.39, 0.29) is 6.61 Å². The molecule has 2 rings (SSSR count). The first-order valence-corrected chi connectivity index (χ1v) is 8.28. The van der Waals surface area contributed by atoms with Crippen molar-refractivity contribution in [2.24, 2.45) is 5.73 Å². The summed E-state index contributed by atoms with van der Waals surface area (Å²) in [5, 5.41) is 11.2. The molecular formula is C20H21N3O4. The Morgan fingerprint density at radius 3 is 2.41 bits per heavy atom. The quantitative estimate of drug-likeness (QED) is 0.346.